The lowest BCUT2D eigenvalue weighted by Crippen LogP contribution is -2.22. The van der Waals surface area contributed by atoms with Crippen LogP contribution in [0, 0.1) is 5.82 Å². The van der Waals surface area contributed by atoms with E-state index < -0.39 is 5.82 Å². The molecule has 0 aliphatic heterocycles. The molecule has 0 atom stereocenters. The molecule has 2 aromatic carbocycles. The number of nitrogens with one attached hydrogen (secondary N) is 2. The van der Waals surface area contributed by atoms with E-state index >= 15 is 0 Å². The fourth-order valence-corrected chi connectivity index (χ4v) is 2.37. The van der Waals surface area contributed by atoms with Gasteiger partial charge in [0.05, 0.1) is 22.8 Å². The average Bonchev–Trinajstić information content (AvgIpc) is 2.56. The van der Waals surface area contributed by atoms with Crippen LogP contribution in [0.15, 0.2) is 54.7 Å². The summed E-state index contributed by atoms with van der Waals surface area (Å²) in [6.45, 7) is 0.0329. The van der Waals surface area contributed by atoms with Crippen LogP contribution in [0.3, 0.4) is 0 Å². The Morgan fingerprint density at radius 3 is 2.83 bits per heavy atom. The van der Waals surface area contributed by atoms with Crippen molar-refractivity contribution in [2.24, 2.45) is 0 Å². The summed E-state index contributed by atoms with van der Waals surface area (Å²) in [7, 11) is 0. The normalized spacial score (nSPS) is 10.5. The van der Waals surface area contributed by atoms with Crippen molar-refractivity contribution in [2.45, 2.75) is 0 Å². The number of fused-ring (bicyclic) bond motifs is 1. The van der Waals surface area contributed by atoms with E-state index in [1.807, 2.05) is 24.3 Å². The molecule has 0 unspecified atom stereocenters. The van der Waals surface area contributed by atoms with Crippen LogP contribution in [0.1, 0.15) is 0 Å². The molecule has 0 saturated carbocycles. The Kier molecular flexibility index (Phi) is 4.39. The van der Waals surface area contributed by atoms with Crippen molar-refractivity contribution in [3.05, 3.63) is 65.6 Å². The largest absolute Gasteiger partial charge is 0.376 e. The number of rotatable bonds is 4. The quantitative estimate of drug-likeness (QED) is 0.758. The SMILES string of the molecule is O=C(CNc1ccc(F)c(Cl)c1)Nc1cccc2cccnc12. The molecular formula is C17H13ClFN3O. The van der Waals surface area contributed by atoms with E-state index in [1.54, 1.807) is 12.3 Å². The number of pyridine rings is 1. The van der Waals surface area contributed by atoms with E-state index in [0.717, 1.165) is 10.9 Å². The number of para-hydroxylation sites is 1. The number of nitrogens with zero attached hydrogens (tertiary/aromatic N) is 1. The number of hydrogen-bond donors (Lipinski definition) is 2. The second kappa shape index (κ2) is 6.62. The van der Waals surface area contributed by atoms with Gasteiger partial charge >= 0.3 is 0 Å². The predicted octanol–water partition coefficient (Wildman–Crippen LogP) is 4.08. The molecule has 3 aromatic rings. The van der Waals surface area contributed by atoms with Gasteiger partial charge in [0.1, 0.15) is 5.82 Å². The first-order valence-electron chi connectivity index (χ1n) is 6.96. The van der Waals surface area contributed by atoms with E-state index in [9.17, 15) is 9.18 Å². The van der Waals surface area contributed by atoms with Crippen LogP contribution in [0.4, 0.5) is 15.8 Å². The summed E-state index contributed by atoms with van der Waals surface area (Å²) in [6, 6.07) is 13.5. The number of halogens is 2. The molecule has 1 aromatic heterocycles. The Morgan fingerprint density at radius 2 is 2.00 bits per heavy atom. The molecular weight excluding hydrogens is 317 g/mol. The van der Waals surface area contributed by atoms with Crippen LogP contribution in [0.5, 0.6) is 0 Å². The highest BCUT2D eigenvalue weighted by atomic mass is 35.5. The third kappa shape index (κ3) is 3.57. The summed E-state index contributed by atoms with van der Waals surface area (Å²) in [6.07, 6.45) is 1.68. The number of anilines is 2. The highest BCUT2D eigenvalue weighted by Gasteiger charge is 2.07. The first-order valence-corrected chi connectivity index (χ1v) is 7.34. The lowest BCUT2D eigenvalue weighted by molar-refractivity contribution is -0.114. The standard InChI is InChI=1S/C17H13ClFN3O/c18-13-9-12(6-7-14(13)19)21-10-16(23)22-15-5-1-3-11-4-2-8-20-17(11)15/h1-9,21H,10H2,(H,22,23). The molecule has 0 saturated heterocycles. The minimum absolute atomic E-state index is 0.00802. The van der Waals surface area contributed by atoms with Crippen molar-refractivity contribution in [2.75, 3.05) is 17.2 Å². The number of carbonyl (C=O) groups excluding carboxylic acids is 1. The molecule has 4 nitrogen and oxygen atoms in total. The molecule has 1 amide bonds. The van der Waals surface area contributed by atoms with Crippen LogP contribution >= 0.6 is 11.6 Å². The van der Waals surface area contributed by atoms with Crippen LogP contribution < -0.4 is 10.6 Å². The van der Waals surface area contributed by atoms with Gasteiger partial charge in [0, 0.05) is 17.3 Å². The summed E-state index contributed by atoms with van der Waals surface area (Å²) in [4.78, 5) is 16.4. The van der Waals surface area contributed by atoms with Gasteiger partial charge in [0.15, 0.2) is 0 Å². The molecule has 1 heterocycles. The van der Waals surface area contributed by atoms with Crippen molar-refractivity contribution >= 4 is 39.8 Å². The lowest BCUT2D eigenvalue weighted by atomic mass is 10.2. The van der Waals surface area contributed by atoms with Crippen LogP contribution in [-0.4, -0.2) is 17.4 Å². The maximum Gasteiger partial charge on any atom is 0.243 e. The molecule has 6 heteroatoms. The van der Waals surface area contributed by atoms with Gasteiger partial charge in [-0.05, 0) is 30.3 Å². The fourth-order valence-electron chi connectivity index (χ4n) is 2.19. The molecule has 3 rings (SSSR count). The number of carbonyl (C=O) groups is 1. The Bertz CT molecular complexity index is 864. The number of benzene rings is 2. The van der Waals surface area contributed by atoms with Crippen molar-refractivity contribution < 1.29 is 9.18 Å². The molecule has 0 radical (unpaired) electrons. The highest BCUT2D eigenvalue weighted by Crippen LogP contribution is 2.21. The first-order chi connectivity index (χ1) is 11.1. The van der Waals surface area contributed by atoms with E-state index in [2.05, 4.69) is 15.6 Å². The topological polar surface area (TPSA) is 54.0 Å². The van der Waals surface area contributed by atoms with Gasteiger partial charge in [-0.15, -0.1) is 0 Å². The summed E-state index contributed by atoms with van der Waals surface area (Å²) < 4.78 is 13.1. The van der Waals surface area contributed by atoms with Crippen molar-refractivity contribution in [1.29, 1.82) is 0 Å². The zero-order valence-electron chi connectivity index (χ0n) is 12.0. The summed E-state index contributed by atoms with van der Waals surface area (Å²) in [5, 5.41) is 6.66. The van der Waals surface area contributed by atoms with Crippen LogP contribution in [0.25, 0.3) is 10.9 Å². The number of aromatic nitrogens is 1. The molecule has 23 heavy (non-hydrogen) atoms. The summed E-state index contributed by atoms with van der Waals surface area (Å²) in [5.41, 5.74) is 1.95. The smallest absolute Gasteiger partial charge is 0.243 e. The molecule has 0 aliphatic rings. The van der Waals surface area contributed by atoms with E-state index in [0.29, 0.717) is 11.4 Å². The zero-order chi connectivity index (χ0) is 16.2. The Morgan fingerprint density at radius 1 is 1.17 bits per heavy atom. The van der Waals surface area contributed by atoms with Crippen molar-refractivity contribution in [1.82, 2.24) is 4.98 Å². The Hall–Kier alpha value is -2.66. The third-order valence-corrected chi connectivity index (χ3v) is 3.57. The highest BCUT2D eigenvalue weighted by molar-refractivity contribution is 6.31. The maximum absolute atomic E-state index is 13.1. The number of hydrogen-bond acceptors (Lipinski definition) is 3. The summed E-state index contributed by atoms with van der Waals surface area (Å²) in [5.74, 6) is -0.730. The molecule has 2 N–H and O–H groups in total. The molecule has 116 valence electrons. The first kappa shape index (κ1) is 15.2. The summed E-state index contributed by atoms with van der Waals surface area (Å²) >= 11 is 5.70. The Labute approximate surface area is 137 Å². The van der Waals surface area contributed by atoms with E-state index in [-0.39, 0.29) is 17.5 Å². The van der Waals surface area contributed by atoms with Gasteiger partial charge in [0.2, 0.25) is 5.91 Å². The molecule has 0 aliphatic carbocycles. The van der Waals surface area contributed by atoms with Gasteiger partial charge in [-0.1, -0.05) is 29.8 Å². The van der Waals surface area contributed by atoms with Crippen LogP contribution in [0.2, 0.25) is 5.02 Å². The Balaban J connectivity index is 1.68. The monoisotopic (exact) mass is 329 g/mol. The zero-order valence-corrected chi connectivity index (χ0v) is 12.8. The minimum Gasteiger partial charge on any atom is -0.376 e. The van der Waals surface area contributed by atoms with Gasteiger partial charge in [0.25, 0.3) is 0 Å². The lowest BCUT2D eigenvalue weighted by Gasteiger charge is -2.10. The minimum atomic E-state index is -0.497. The molecule has 0 fully saturated rings. The molecule has 0 bridgehead atoms. The predicted molar refractivity (Wildman–Crippen MR) is 90.3 cm³/mol. The third-order valence-electron chi connectivity index (χ3n) is 3.28. The average molecular weight is 330 g/mol. The molecule has 0 spiro atoms. The van der Waals surface area contributed by atoms with Gasteiger partial charge in [-0.3, -0.25) is 9.78 Å². The van der Waals surface area contributed by atoms with Crippen molar-refractivity contribution in [3.8, 4) is 0 Å². The van der Waals surface area contributed by atoms with E-state index in [1.165, 1.54) is 18.2 Å². The van der Waals surface area contributed by atoms with Crippen LogP contribution in [-0.2, 0) is 4.79 Å². The maximum atomic E-state index is 13.1. The fraction of sp³-hybridized carbons (Fsp3) is 0.0588. The second-order valence-corrected chi connectivity index (χ2v) is 5.32. The van der Waals surface area contributed by atoms with Gasteiger partial charge < -0.3 is 10.6 Å². The van der Waals surface area contributed by atoms with Crippen molar-refractivity contribution in [3.63, 3.8) is 0 Å². The van der Waals surface area contributed by atoms with Gasteiger partial charge in [-0.2, -0.15) is 0 Å². The number of amides is 1. The van der Waals surface area contributed by atoms with E-state index in [4.69, 9.17) is 11.6 Å². The van der Waals surface area contributed by atoms with Gasteiger partial charge in [-0.25, -0.2) is 4.39 Å². The second-order valence-electron chi connectivity index (χ2n) is 4.91.